The van der Waals surface area contributed by atoms with E-state index >= 15 is 0 Å². The third-order valence-electron chi connectivity index (χ3n) is 1.18. The van der Waals surface area contributed by atoms with Crippen LogP contribution in [-0.4, -0.2) is 7.11 Å². The Bertz CT molecular complexity index is 275. The molecule has 0 amide bonds. The van der Waals surface area contributed by atoms with Crippen molar-refractivity contribution in [2.24, 2.45) is 0 Å². The smallest absolute Gasteiger partial charge is 0.140 e. The molecule has 1 aromatic carbocycles. The van der Waals surface area contributed by atoms with Crippen LogP contribution in [0.2, 0.25) is 10.0 Å². The first-order valence-corrected chi connectivity index (χ1v) is 4.67. The molecule has 4 heteroatoms. The van der Waals surface area contributed by atoms with Gasteiger partial charge >= 0.3 is 0 Å². The van der Waals surface area contributed by atoms with Gasteiger partial charge in [0.2, 0.25) is 0 Å². The number of halogens is 3. The van der Waals surface area contributed by atoms with Crippen LogP contribution < -0.4 is 4.74 Å². The predicted octanol–water partition coefficient (Wildman–Crippen LogP) is 3.61. The molecule has 0 saturated heterocycles. The van der Waals surface area contributed by atoms with E-state index in [1.165, 1.54) is 0 Å². The lowest BCUT2D eigenvalue weighted by Crippen LogP contribution is -1.85. The number of ether oxygens (including phenoxy) is 1. The summed E-state index contributed by atoms with van der Waals surface area (Å²) in [5.74, 6) is 0.614. The summed E-state index contributed by atoms with van der Waals surface area (Å²) in [6.07, 6.45) is 0. The lowest BCUT2D eigenvalue weighted by atomic mass is 10.3. The van der Waals surface area contributed by atoms with E-state index in [1.54, 1.807) is 19.2 Å². The first kappa shape index (κ1) is 9.42. The van der Waals surface area contributed by atoms with Crippen LogP contribution in [-0.2, 0) is 0 Å². The highest BCUT2D eigenvalue weighted by Gasteiger charge is 2.05. The standard InChI is InChI=1S/C7H5Cl2IO/c1-11-6-3-4(8)2-5(10)7(6)9/h2-3H,1H3. The van der Waals surface area contributed by atoms with Crippen molar-refractivity contribution in [3.05, 3.63) is 25.7 Å². The minimum atomic E-state index is 0.609. The number of hydrogen-bond donors (Lipinski definition) is 0. The van der Waals surface area contributed by atoms with E-state index in [9.17, 15) is 0 Å². The molecule has 0 heterocycles. The van der Waals surface area contributed by atoms with E-state index < -0.39 is 0 Å². The molecule has 0 bridgehead atoms. The molecule has 11 heavy (non-hydrogen) atoms. The molecule has 60 valence electrons. The van der Waals surface area contributed by atoms with Gasteiger partial charge in [0.1, 0.15) is 5.75 Å². The minimum absolute atomic E-state index is 0.609. The van der Waals surface area contributed by atoms with Crippen LogP contribution in [0.15, 0.2) is 12.1 Å². The fraction of sp³-hybridized carbons (Fsp3) is 0.143. The second-order valence-electron chi connectivity index (χ2n) is 1.90. The molecular weight excluding hydrogens is 298 g/mol. The molecule has 0 radical (unpaired) electrons. The lowest BCUT2D eigenvalue weighted by Gasteiger charge is -2.04. The zero-order valence-corrected chi connectivity index (χ0v) is 9.37. The number of hydrogen-bond acceptors (Lipinski definition) is 1. The van der Waals surface area contributed by atoms with Gasteiger partial charge in [0.05, 0.1) is 12.1 Å². The summed E-state index contributed by atoms with van der Waals surface area (Å²) < 4.78 is 5.88. The Hall–Kier alpha value is 0.330. The van der Waals surface area contributed by atoms with Crippen LogP contribution in [0.1, 0.15) is 0 Å². The fourth-order valence-corrected chi connectivity index (χ4v) is 1.86. The molecule has 1 rings (SSSR count). The van der Waals surface area contributed by atoms with E-state index in [-0.39, 0.29) is 0 Å². The van der Waals surface area contributed by atoms with Crippen LogP contribution in [0.5, 0.6) is 5.75 Å². The summed E-state index contributed by atoms with van der Waals surface area (Å²) in [4.78, 5) is 0. The van der Waals surface area contributed by atoms with Gasteiger partial charge in [-0.05, 0) is 28.7 Å². The molecule has 1 aromatic rings. The summed E-state index contributed by atoms with van der Waals surface area (Å²) in [6, 6.07) is 3.47. The predicted molar refractivity (Wildman–Crippen MR) is 55.7 cm³/mol. The monoisotopic (exact) mass is 302 g/mol. The minimum Gasteiger partial charge on any atom is -0.495 e. The molecule has 0 aliphatic heterocycles. The van der Waals surface area contributed by atoms with Gasteiger partial charge in [0, 0.05) is 14.7 Å². The highest BCUT2D eigenvalue weighted by atomic mass is 127. The Morgan fingerprint density at radius 2 is 2.00 bits per heavy atom. The van der Waals surface area contributed by atoms with Gasteiger partial charge in [0.15, 0.2) is 0 Å². The van der Waals surface area contributed by atoms with Crippen molar-refractivity contribution in [2.45, 2.75) is 0 Å². The Kier molecular flexibility index (Phi) is 3.28. The molecule has 1 nitrogen and oxygen atoms in total. The summed E-state index contributed by atoms with van der Waals surface area (Å²) in [5, 5.41) is 1.24. The zero-order chi connectivity index (χ0) is 8.43. The maximum absolute atomic E-state index is 5.87. The van der Waals surface area contributed by atoms with Gasteiger partial charge in [-0.25, -0.2) is 0 Å². The third kappa shape index (κ3) is 2.13. The lowest BCUT2D eigenvalue weighted by molar-refractivity contribution is 0.415. The summed E-state index contributed by atoms with van der Waals surface area (Å²) in [5.41, 5.74) is 0. The van der Waals surface area contributed by atoms with Gasteiger partial charge in [-0.1, -0.05) is 23.2 Å². The maximum atomic E-state index is 5.87. The summed E-state index contributed by atoms with van der Waals surface area (Å²) in [7, 11) is 1.56. The van der Waals surface area contributed by atoms with Gasteiger partial charge in [0.25, 0.3) is 0 Å². The Morgan fingerprint density at radius 1 is 1.36 bits per heavy atom. The van der Waals surface area contributed by atoms with Crippen molar-refractivity contribution in [3.8, 4) is 5.75 Å². The maximum Gasteiger partial charge on any atom is 0.140 e. The SMILES string of the molecule is COc1cc(Cl)cc(I)c1Cl. The van der Waals surface area contributed by atoms with Crippen LogP contribution in [0, 0.1) is 3.57 Å². The first-order chi connectivity index (χ1) is 5.15. The topological polar surface area (TPSA) is 9.23 Å². The molecule has 0 fully saturated rings. The summed E-state index contributed by atoms with van der Waals surface area (Å²) >= 11 is 13.7. The van der Waals surface area contributed by atoms with E-state index in [4.69, 9.17) is 27.9 Å². The fourth-order valence-electron chi connectivity index (χ4n) is 0.681. The van der Waals surface area contributed by atoms with Gasteiger partial charge < -0.3 is 4.74 Å². The first-order valence-electron chi connectivity index (χ1n) is 2.83. The van der Waals surface area contributed by atoms with Crippen molar-refractivity contribution in [1.82, 2.24) is 0 Å². The molecule has 0 unspecified atom stereocenters. The van der Waals surface area contributed by atoms with E-state index in [1.807, 2.05) is 0 Å². The van der Waals surface area contributed by atoms with Gasteiger partial charge in [-0.3, -0.25) is 0 Å². The van der Waals surface area contributed by atoms with Crippen molar-refractivity contribution >= 4 is 45.8 Å². The molecule has 0 atom stereocenters. The second kappa shape index (κ2) is 3.83. The molecule has 0 aliphatic carbocycles. The van der Waals surface area contributed by atoms with Crippen LogP contribution in [0.4, 0.5) is 0 Å². The normalized spacial score (nSPS) is 9.82. The zero-order valence-electron chi connectivity index (χ0n) is 5.70. The average Bonchev–Trinajstić information content (AvgIpc) is 1.96. The quantitative estimate of drug-likeness (QED) is 0.569. The number of methoxy groups -OCH3 is 1. The van der Waals surface area contributed by atoms with Crippen LogP contribution in [0.3, 0.4) is 0 Å². The Labute approximate surface area is 88.8 Å². The largest absolute Gasteiger partial charge is 0.495 e. The summed E-state index contributed by atoms with van der Waals surface area (Å²) in [6.45, 7) is 0. The van der Waals surface area contributed by atoms with Gasteiger partial charge in [-0.15, -0.1) is 0 Å². The van der Waals surface area contributed by atoms with Crippen molar-refractivity contribution in [2.75, 3.05) is 7.11 Å². The average molecular weight is 303 g/mol. The molecule has 0 aliphatic rings. The third-order valence-corrected chi connectivity index (χ3v) is 2.96. The van der Waals surface area contributed by atoms with Crippen molar-refractivity contribution in [3.63, 3.8) is 0 Å². The van der Waals surface area contributed by atoms with Crippen LogP contribution >= 0.6 is 45.8 Å². The van der Waals surface area contributed by atoms with Crippen LogP contribution in [0.25, 0.3) is 0 Å². The second-order valence-corrected chi connectivity index (χ2v) is 3.88. The van der Waals surface area contributed by atoms with E-state index in [0.29, 0.717) is 15.8 Å². The highest BCUT2D eigenvalue weighted by Crippen LogP contribution is 2.32. The van der Waals surface area contributed by atoms with Crippen molar-refractivity contribution in [1.29, 1.82) is 0 Å². The van der Waals surface area contributed by atoms with E-state index in [0.717, 1.165) is 3.57 Å². The number of rotatable bonds is 1. The molecular formula is C7H5Cl2IO. The Balaban J connectivity index is 3.24. The highest BCUT2D eigenvalue weighted by molar-refractivity contribution is 14.1. The number of benzene rings is 1. The van der Waals surface area contributed by atoms with E-state index in [2.05, 4.69) is 22.6 Å². The molecule has 0 N–H and O–H groups in total. The Morgan fingerprint density at radius 3 is 2.55 bits per heavy atom. The molecule has 0 spiro atoms. The molecule has 0 saturated carbocycles. The van der Waals surface area contributed by atoms with Crippen molar-refractivity contribution < 1.29 is 4.74 Å². The van der Waals surface area contributed by atoms with Gasteiger partial charge in [-0.2, -0.15) is 0 Å². The molecule has 0 aromatic heterocycles.